The highest BCUT2D eigenvalue weighted by Crippen LogP contribution is 2.41. The van der Waals surface area contributed by atoms with Gasteiger partial charge < -0.3 is 15.2 Å². The lowest BCUT2D eigenvalue weighted by Crippen LogP contribution is -2.41. The van der Waals surface area contributed by atoms with Crippen LogP contribution in [0.25, 0.3) is 0 Å². The maximum Gasteiger partial charge on any atom is 0.387 e. The van der Waals surface area contributed by atoms with Crippen LogP contribution in [0.15, 0.2) is 53.5 Å². The average molecular weight is 397 g/mol. The summed E-state index contributed by atoms with van der Waals surface area (Å²) in [6, 6.07) is 10.8. The monoisotopic (exact) mass is 397 g/mol. The van der Waals surface area contributed by atoms with Gasteiger partial charge in [-0.2, -0.15) is 17.6 Å². The van der Waals surface area contributed by atoms with Gasteiger partial charge in [-0.1, -0.05) is 24.3 Å². The molecule has 0 fully saturated rings. The Morgan fingerprint density at radius 3 is 2.11 bits per heavy atom. The van der Waals surface area contributed by atoms with E-state index in [0.717, 1.165) is 4.90 Å². The SMILES string of the molecule is CN1C(=O)[C@](c2ccc(OC(F)F)cc2)(c2cccc(OC(F)F)c2)N=C1N. The summed E-state index contributed by atoms with van der Waals surface area (Å²) in [5, 5.41) is 0. The summed E-state index contributed by atoms with van der Waals surface area (Å²) in [6.45, 7) is -6.05. The van der Waals surface area contributed by atoms with Gasteiger partial charge in [-0.15, -0.1) is 0 Å². The van der Waals surface area contributed by atoms with E-state index in [0.29, 0.717) is 5.56 Å². The second kappa shape index (κ2) is 7.37. The smallest absolute Gasteiger partial charge is 0.387 e. The van der Waals surface area contributed by atoms with Gasteiger partial charge in [0, 0.05) is 7.05 Å². The predicted molar refractivity (Wildman–Crippen MR) is 91.3 cm³/mol. The van der Waals surface area contributed by atoms with Gasteiger partial charge in [-0.25, -0.2) is 4.99 Å². The van der Waals surface area contributed by atoms with Crippen LogP contribution in [0.5, 0.6) is 11.5 Å². The van der Waals surface area contributed by atoms with Crippen molar-refractivity contribution in [2.45, 2.75) is 18.8 Å². The fourth-order valence-electron chi connectivity index (χ4n) is 2.96. The molecule has 0 spiro atoms. The van der Waals surface area contributed by atoms with Crippen LogP contribution >= 0.6 is 0 Å². The van der Waals surface area contributed by atoms with Gasteiger partial charge in [0.2, 0.25) is 0 Å². The Balaban J connectivity index is 2.12. The summed E-state index contributed by atoms with van der Waals surface area (Å²) < 4.78 is 58.6. The molecular formula is C18H15F4N3O3. The molecule has 6 nitrogen and oxygen atoms in total. The van der Waals surface area contributed by atoms with Gasteiger partial charge in [-0.3, -0.25) is 9.69 Å². The molecule has 10 heteroatoms. The van der Waals surface area contributed by atoms with Gasteiger partial charge in [-0.05, 0) is 35.4 Å². The maximum atomic E-state index is 13.0. The molecule has 1 aliphatic heterocycles. The Labute approximate surface area is 157 Å². The molecule has 0 radical (unpaired) electrons. The minimum Gasteiger partial charge on any atom is -0.435 e. The van der Waals surface area contributed by atoms with Crippen LogP contribution in [0.1, 0.15) is 11.1 Å². The first-order valence-corrected chi connectivity index (χ1v) is 7.98. The molecule has 1 amide bonds. The van der Waals surface area contributed by atoms with Crippen molar-refractivity contribution in [3.63, 3.8) is 0 Å². The number of hydrogen-bond donors (Lipinski definition) is 1. The number of ether oxygens (including phenoxy) is 2. The zero-order valence-electron chi connectivity index (χ0n) is 14.5. The molecule has 2 aromatic rings. The van der Waals surface area contributed by atoms with Crippen molar-refractivity contribution in [3.05, 3.63) is 59.7 Å². The molecule has 0 saturated heterocycles. The predicted octanol–water partition coefficient (Wildman–Crippen LogP) is 2.92. The third kappa shape index (κ3) is 3.45. The van der Waals surface area contributed by atoms with Crippen molar-refractivity contribution in [2.24, 2.45) is 10.7 Å². The van der Waals surface area contributed by atoms with E-state index in [9.17, 15) is 22.4 Å². The lowest BCUT2D eigenvalue weighted by molar-refractivity contribution is -0.129. The average Bonchev–Trinajstić information content (AvgIpc) is 2.86. The Morgan fingerprint density at radius 2 is 1.57 bits per heavy atom. The summed E-state index contributed by atoms with van der Waals surface area (Å²) in [5.41, 5.74) is 4.66. The largest absolute Gasteiger partial charge is 0.435 e. The van der Waals surface area contributed by atoms with Crippen LogP contribution in [-0.2, 0) is 10.3 Å². The van der Waals surface area contributed by atoms with Crippen LogP contribution in [0.4, 0.5) is 17.6 Å². The molecule has 0 aliphatic carbocycles. The van der Waals surface area contributed by atoms with Crippen molar-refractivity contribution < 1.29 is 31.8 Å². The topological polar surface area (TPSA) is 77.2 Å². The Hall–Kier alpha value is -3.30. The number of carbonyl (C=O) groups is 1. The highest BCUT2D eigenvalue weighted by Gasteiger charge is 2.49. The number of benzene rings is 2. The standard InChI is InChI=1S/C18H15F4N3O3/c1-25-14(26)18(24-17(25)23,10-5-7-12(8-6-10)27-15(19)20)11-3-2-4-13(9-11)28-16(21)22/h2-9,15-16H,1H3,(H2,23,24)/t18-/m0/s1. The van der Waals surface area contributed by atoms with Crippen LogP contribution in [0, 0.1) is 0 Å². The first-order valence-electron chi connectivity index (χ1n) is 7.98. The number of hydrogen-bond acceptors (Lipinski definition) is 5. The molecule has 2 aromatic carbocycles. The van der Waals surface area contributed by atoms with Crippen molar-refractivity contribution in [1.82, 2.24) is 4.90 Å². The first-order chi connectivity index (χ1) is 13.2. The number of halogens is 4. The summed E-state index contributed by atoms with van der Waals surface area (Å²) in [7, 11) is 1.41. The van der Waals surface area contributed by atoms with Gasteiger partial charge in [0.15, 0.2) is 11.5 Å². The number of rotatable bonds is 6. The highest BCUT2D eigenvalue weighted by atomic mass is 19.3. The lowest BCUT2D eigenvalue weighted by atomic mass is 9.82. The van der Waals surface area contributed by atoms with Crippen molar-refractivity contribution in [1.29, 1.82) is 0 Å². The highest BCUT2D eigenvalue weighted by molar-refractivity contribution is 6.08. The van der Waals surface area contributed by atoms with E-state index in [1.54, 1.807) is 0 Å². The minimum absolute atomic E-state index is 0.0851. The zero-order chi connectivity index (χ0) is 20.5. The van der Waals surface area contributed by atoms with Crippen molar-refractivity contribution in [2.75, 3.05) is 7.05 Å². The number of nitrogens with two attached hydrogens (primary N) is 1. The van der Waals surface area contributed by atoms with Crippen LogP contribution in [-0.4, -0.2) is 37.0 Å². The fourth-order valence-corrected chi connectivity index (χ4v) is 2.96. The summed E-state index contributed by atoms with van der Waals surface area (Å²) in [5.74, 6) is -0.903. The van der Waals surface area contributed by atoms with Gasteiger partial charge in [0.1, 0.15) is 11.5 Å². The lowest BCUT2D eigenvalue weighted by Gasteiger charge is -2.26. The Bertz CT molecular complexity index is 905. The molecule has 0 aromatic heterocycles. The normalized spacial score (nSPS) is 19.3. The maximum absolute atomic E-state index is 13.0. The number of likely N-dealkylation sites (N-methyl/N-ethyl adjacent to an activating group) is 1. The Morgan fingerprint density at radius 1 is 0.964 bits per heavy atom. The van der Waals surface area contributed by atoms with Crippen LogP contribution < -0.4 is 15.2 Å². The molecule has 0 bridgehead atoms. The molecule has 1 aliphatic rings. The van der Waals surface area contributed by atoms with E-state index in [1.807, 2.05) is 0 Å². The van der Waals surface area contributed by atoms with Crippen molar-refractivity contribution in [3.8, 4) is 11.5 Å². The number of amides is 1. The van der Waals surface area contributed by atoms with Crippen molar-refractivity contribution >= 4 is 11.9 Å². The summed E-state index contributed by atoms with van der Waals surface area (Å²) in [4.78, 5) is 18.4. The van der Waals surface area contributed by atoms with E-state index in [4.69, 9.17) is 5.73 Å². The molecule has 28 heavy (non-hydrogen) atoms. The number of nitrogens with zero attached hydrogens (tertiary/aromatic N) is 2. The van der Waals surface area contributed by atoms with E-state index >= 15 is 0 Å². The molecule has 1 atom stereocenters. The van der Waals surface area contributed by atoms with Crippen LogP contribution in [0.2, 0.25) is 0 Å². The van der Waals surface area contributed by atoms with E-state index in [-0.39, 0.29) is 23.0 Å². The number of carbonyl (C=O) groups excluding carboxylic acids is 1. The van der Waals surface area contributed by atoms with Crippen LogP contribution in [0.3, 0.4) is 0 Å². The fraction of sp³-hybridized carbons (Fsp3) is 0.222. The number of alkyl halides is 4. The van der Waals surface area contributed by atoms with E-state index in [2.05, 4.69) is 14.5 Å². The number of aliphatic imine (C=N–C) groups is 1. The van der Waals surface area contributed by atoms with Gasteiger partial charge >= 0.3 is 13.2 Å². The second-order valence-electron chi connectivity index (χ2n) is 5.85. The van der Waals surface area contributed by atoms with E-state index < -0.39 is 24.7 Å². The molecule has 0 unspecified atom stereocenters. The summed E-state index contributed by atoms with van der Waals surface area (Å²) in [6.07, 6.45) is 0. The number of guanidine groups is 1. The molecule has 3 rings (SSSR count). The quantitative estimate of drug-likeness (QED) is 0.761. The van der Waals surface area contributed by atoms with Gasteiger partial charge in [0.25, 0.3) is 5.91 Å². The second-order valence-corrected chi connectivity index (χ2v) is 5.85. The first kappa shape index (κ1) is 19.5. The minimum atomic E-state index is -3.05. The molecule has 148 valence electrons. The zero-order valence-corrected chi connectivity index (χ0v) is 14.5. The Kier molecular flexibility index (Phi) is 5.12. The third-order valence-corrected chi connectivity index (χ3v) is 4.21. The molecule has 2 N–H and O–H groups in total. The summed E-state index contributed by atoms with van der Waals surface area (Å²) >= 11 is 0. The molecule has 1 heterocycles. The molecular weight excluding hydrogens is 382 g/mol. The third-order valence-electron chi connectivity index (χ3n) is 4.21. The molecule has 0 saturated carbocycles. The van der Waals surface area contributed by atoms with E-state index in [1.165, 1.54) is 55.6 Å². The van der Waals surface area contributed by atoms with Gasteiger partial charge in [0.05, 0.1) is 0 Å².